The van der Waals surface area contributed by atoms with Crippen LogP contribution in [0, 0.1) is 0 Å². The Morgan fingerprint density at radius 3 is 2.60 bits per heavy atom. The van der Waals surface area contributed by atoms with Crippen LogP contribution in [-0.2, 0) is 0 Å². The molecule has 1 heterocycles. The molecule has 1 N–H and O–H groups in total. The lowest BCUT2D eigenvalue weighted by atomic mass is 10.0. The van der Waals surface area contributed by atoms with E-state index in [1.807, 2.05) is 30.3 Å². The van der Waals surface area contributed by atoms with Crippen LogP contribution in [0.2, 0.25) is 0 Å². The maximum atomic E-state index is 10.5. The zero-order chi connectivity index (χ0) is 14.1. The third-order valence-corrected chi connectivity index (χ3v) is 3.79. The maximum Gasteiger partial charge on any atom is 0.231 e. The fourth-order valence-electron chi connectivity index (χ4n) is 2.12. The van der Waals surface area contributed by atoms with Crippen molar-refractivity contribution in [1.82, 2.24) is 0 Å². The fourth-order valence-corrected chi connectivity index (χ4v) is 2.70. The van der Waals surface area contributed by atoms with Gasteiger partial charge in [-0.25, -0.2) is 0 Å². The van der Waals surface area contributed by atoms with Gasteiger partial charge in [0, 0.05) is 0 Å². The lowest BCUT2D eigenvalue weighted by molar-refractivity contribution is 0.173. The normalized spacial score (nSPS) is 14.2. The molecular formula is C15H13BrO4. The van der Waals surface area contributed by atoms with Crippen LogP contribution in [0.4, 0.5) is 0 Å². The topological polar surface area (TPSA) is 47.9 Å². The molecule has 2 aromatic rings. The molecule has 0 amide bonds. The van der Waals surface area contributed by atoms with Gasteiger partial charge in [0.1, 0.15) is 11.9 Å². The molecule has 1 atom stereocenters. The molecule has 1 aliphatic heterocycles. The molecule has 1 aliphatic rings. The molecule has 0 spiro atoms. The van der Waals surface area contributed by atoms with Gasteiger partial charge in [0.25, 0.3) is 0 Å². The van der Waals surface area contributed by atoms with E-state index in [9.17, 15) is 5.11 Å². The summed E-state index contributed by atoms with van der Waals surface area (Å²) in [5.74, 6) is 2.07. The second-order valence-corrected chi connectivity index (χ2v) is 5.27. The Morgan fingerprint density at radius 1 is 1.15 bits per heavy atom. The van der Waals surface area contributed by atoms with E-state index >= 15 is 0 Å². The molecule has 1 unspecified atom stereocenters. The van der Waals surface area contributed by atoms with Gasteiger partial charge in [0.2, 0.25) is 6.79 Å². The number of aliphatic hydroxyl groups excluding tert-OH is 1. The van der Waals surface area contributed by atoms with Crippen molar-refractivity contribution in [2.45, 2.75) is 6.10 Å². The molecule has 3 rings (SSSR count). The fraction of sp³-hybridized carbons (Fsp3) is 0.200. The highest BCUT2D eigenvalue weighted by molar-refractivity contribution is 9.10. The largest absolute Gasteiger partial charge is 0.497 e. The lowest BCUT2D eigenvalue weighted by Crippen LogP contribution is -2.00. The number of hydrogen-bond acceptors (Lipinski definition) is 4. The number of rotatable bonds is 3. The molecule has 104 valence electrons. The van der Waals surface area contributed by atoms with Crippen LogP contribution >= 0.6 is 15.9 Å². The summed E-state index contributed by atoms with van der Waals surface area (Å²) < 4.78 is 16.6. The van der Waals surface area contributed by atoms with E-state index in [2.05, 4.69) is 15.9 Å². The van der Waals surface area contributed by atoms with Gasteiger partial charge < -0.3 is 19.3 Å². The van der Waals surface area contributed by atoms with Gasteiger partial charge in [-0.1, -0.05) is 12.1 Å². The van der Waals surface area contributed by atoms with Crippen molar-refractivity contribution in [1.29, 1.82) is 0 Å². The average molecular weight is 337 g/mol. The van der Waals surface area contributed by atoms with Crippen LogP contribution in [-0.4, -0.2) is 19.0 Å². The first-order chi connectivity index (χ1) is 9.69. The Bertz CT molecular complexity index is 625. The van der Waals surface area contributed by atoms with Gasteiger partial charge in [0.05, 0.1) is 11.6 Å². The summed E-state index contributed by atoms with van der Waals surface area (Å²) in [6.07, 6.45) is -0.730. The first-order valence-electron chi connectivity index (χ1n) is 6.10. The maximum absolute atomic E-state index is 10.5. The summed E-state index contributed by atoms with van der Waals surface area (Å²) in [7, 11) is 1.61. The number of benzene rings is 2. The van der Waals surface area contributed by atoms with Gasteiger partial charge in [0.15, 0.2) is 11.5 Å². The summed E-state index contributed by atoms with van der Waals surface area (Å²) in [6, 6.07) is 10.9. The minimum atomic E-state index is -0.730. The second-order valence-electron chi connectivity index (χ2n) is 4.41. The molecule has 0 saturated carbocycles. The van der Waals surface area contributed by atoms with E-state index in [4.69, 9.17) is 14.2 Å². The lowest BCUT2D eigenvalue weighted by Gasteiger charge is -2.13. The first-order valence-corrected chi connectivity index (χ1v) is 6.89. The predicted molar refractivity (Wildman–Crippen MR) is 77.3 cm³/mol. The molecule has 0 bridgehead atoms. The minimum Gasteiger partial charge on any atom is -0.497 e. The first kappa shape index (κ1) is 13.3. The third kappa shape index (κ3) is 2.34. The van der Waals surface area contributed by atoms with Crippen molar-refractivity contribution in [3.63, 3.8) is 0 Å². The second kappa shape index (κ2) is 5.34. The van der Waals surface area contributed by atoms with E-state index < -0.39 is 6.10 Å². The molecule has 20 heavy (non-hydrogen) atoms. The molecule has 5 heteroatoms. The van der Waals surface area contributed by atoms with E-state index in [1.54, 1.807) is 13.2 Å². The summed E-state index contributed by atoms with van der Waals surface area (Å²) in [5.41, 5.74) is 1.53. The number of methoxy groups -OCH3 is 1. The molecule has 0 aliphatic carbocycles. The van der Waals surface area contributed by atoms with Gasteiger partial charge >= 0.3 is 0 Å². The summed E-state index contributed by atoms with van der Waals surface area (Å²) in [4.78, 5) is 0. The molecule has 0 aromatic heterocycles. The van der Waals surface area contributed by atoms with Gasteiger partial charge in [-0.05, 0) is 51.3 Å². The van der Waals surface area contributed by atoms with Gasteiger partial charge in [-0.15, -0.1) is 0 Å². The summed E-state index contributed by atoms with van der Waals surface area (Å²) in [6.45, 7) is 0.204. The highest BCUT2D eigenvalue weighted by atomic mass is 79.9. The standard InChI is InChI=1S/C15H13BrO4/c1-18-11-4-2-9(3-5-11)14(17)10-6-12(16)15-13(7-10)19-8-20-15/h2-7,14,17H,8H2,1H3. The average Bonchev–Trinajstić information content (AvgIpc) is 2.95. The van der Waals surface area contributed by atoms with Crippen LogP contribution in [0.25, 0.3) is 0 Å². The molecule has 2 aromatic carbocycles. The van der Waals surface area contributed by atoms with Crippen LogP contribution in [0.3, 0.4) is 0 Å². The smallest absolute Gasteiger partial charge is 0.231 e. The SMILES string of the molecule is COc1ccc(C(O)c2cc(Br)c3c(c2)OCO3)cc1. The highest BCUT2D eigenvalue weighted by Crippen LogP contribution is 2.42. The minimum absolute atomic E-state index is 0.204. The number of ether oxygens (including phenoxy) is 3. The molecule has 0 fully saturated rings. The zero-order valence-electron chi connectivity index (χ0n) is 10.8. The third-order valence-electron chi connectivity index (χ3n) is 3.20. The summed E-state index contributed by atoms with van der Waals surface area (Å²) >= 11 is 3.43. The quantitative estimate of drug-likeness (QED) is 0.934. The molecule has 4 nitrogen and oxygen atoms in total. The Labute approximate surface area is 125 Å². The number of aliphatic hydroxyl groups is 1. The van der Waals surface area contributed by atoms with Crippen LogP contribution in [0.5, 0.6) is 17.2 Å². The molecule has 0 saturated heterocycles. The monoisotopic (exact) mass is 336 g/mol. The van der Waals surface area contributed by atoms with E-state index in [0.717, 1.165) is 21.3 Å². The molecular weight excluding hydrogens is 324 g/mol. The van der Waals surface area contributed by atoms with Crippen molar-refractivity contribution < 1.29 is 19.3 Å². The van der Waals surface area contributed by atoms with Gasteiger partial charge in [-0.3, -0.25) is 0 Å². The van der Waals surface area contributed by atoms with Crippen LogP contribution in [0.15, 0.2) is 40.9 Å². The number of halogens is 1. The van der Waals surface area contributed by atoms with Crippen molar-refractivity contribution >= 4 is 15.9 Å². The predicted octanol–water partition coefficient (Wildman–Crippen LogP) is 3.27. The van der Waals surface area contributed by atoms with E-state index in [0.29, 0.717) is 11.5 Å². The van der Waals surface area contributed by atoms with Crippen molar-refractivity contribution in [2.75, 3.05) is 13.9 Å². The Morgan fingerprint density at radius 2 is 1.90 bits per heavy atom. The van der Waals surface area contributed by atoms with E-state index in [-0.39, 0.29) is 6.79 Å². The van der Waals surface area contributed by atoms with Crippen molar-refractivity contribution in [2.24, 2.45) is 0 Å². The van der Waals surface area contributed by atoms with E-state index in [1.165, 1.54) is 0 Å². The Kier molecular flexibility index (Phi) is 3.54. The zero-order valence-corrected chi connectivity index (χ0v) is 12.4. The Balaban J connectivity index is 1.93. The summed E-state index contributed by atoms with van der Waals surface area (Å²) in [5, 5.41) is 10.5. The molecule has 0 radical (unpaired) electrons. The van der Waals surface area contributed by atoms with Crippen LogP contribution < -0.4 is 14.2 Å². The number of fused-ring (bicyclic) bond motifs is 1. The van der Waals surface area contributed by atoms with Crippen molar-refractivity contribution in [3.8, 4) is 17.2 Å². The number of hydrogen-bond donors (Lipinski definition) is 1. The van der Waals surface area contributed by atoms with Crippen LogP contribution in [0.1, 0.15) is 17.2 Å². The van der Waals surface area contributed by atoms with Crippen molar-refractivity contribution in [3.05, 3.63) is 52.0 Å². The van der Waals surface area contributed by atoms with Gasteiger partial charge in [-0.2, -0.15) is 0 Å². The Hall–Kier alpha value is -1.72. The highest BCUT2D eigenvalue weighted by Gasteiger charge is 2.21.